The van der Waals surface area contributed by atoms with E-state index in [0.29, 0.717) is 45.7 Å². The van der Waals surface area contributed by atoms with Crippen LogP contribution in [0.4, 0.5) is 0 Å². The Morgan fingerprint density at radius 1 is 0.833 bits per heavy atom. The third-order valence-electron chi connectivity index (χ3n) is 5.09. The number of hydrogen-bond donors (Lipinski definition) is 1. The van der Waals surface area contributed by atoms with Gasteiger partial charge in [-0.3, -0.25) is 0 Å². The number of nitrogens with one attached hydrogen (secondary N) is 1. The Hall–Kier alpha value is -0.260. The monoisotopic (exact) mass is 381 g/mol. The molecule has 1 atom stereocenters. The molecule has 3 aliphatic rings. The third kappa shape index (κ3) is 4.10. The average molecular weight is 382 g/mol. The maximum atomic E-state index is 12.7. The molecule has 1 N–H and O–H groups in total. The molecule has 1 aliphatic carbocycles. The Morgan fingerprint density at radius 3 is 2.17 bits per heavy atom. The van der Waals surface area contributed by atoms with E-state index in [1.807, 2.05) is 0 Å². The topological polar surface area (TPSA) is 96.0 Å². The van der Waals surface area contributed by atoms with E-state index < -0.39 is 25.5 Å². The van der Waals surface area contributed by atoms with Crippen LogP contribution < -0.4 is 4.72 Å². The summed E-state index contributed by atoms with van der Waals surface area (Å²) in [5.74, 6) is 0. The van der Waals surface area contributed by atoms with Crippen LogP contribution in [-0.2, 0) is 25.0 Å². The Labute approximate surface area is 144 Å². The van der Waals surface area contributed by atoms with Gasteiger partial charge < -0.3 is 4.74 Å². The lowest BCUT2D eigenvalue weighted by Crippen LogP contribution is -2.54. The Morgan fingerprint density at radius 2 is 1.50 bits per heavy atom. The van der Waals surface area contributed by atoms with Gasteiger partial charge in [-0.05, 0) is 25.7 Å². The Bertz CT molecular complexity index is 625. The molecule has 2 saturated heterocycles. The van der Waals surface area contributed by atoms with Gasteiger partial charge in [-0.15, -0.1) is 0 Å². The molecular formula is C14H27N3O5S2. The fourth-order valence-corrected chi connectivity index (χ4v) is 7.19. The van der Waals surface area contributed by atoms with Crippen molar-refractivity contribution in [2.75, 3.05) is 39.4 Å². The normalized spacial score (nSPS) is 29.1. The van der Waals surface area contributed by atoms with Crippen molar-refractivity contribution >= 4 is 20.2 Å². The van der Waals surface area contributed by atoms with Crippen LogP contribution in [-0.4, -0.2) is 76.1 Å². The highest BCUT2D eigenvalue weighted by molar-refractivity contribution is 7.90. The molecule has 3 fully saturated rings. The fourth-order valence-electron chi connectivity index (χ4n) is 3.68. The van der Waals surface area contributed by atoms with Crippen LogP contribution in [0.25, 0.3) is 0 Å². The van der Waals surface area contributed by atoms with E-state index in [2.05, 4.69) is 4.72 Å². The summed E-state index contributed by atoms with van der Waals surface area (Å²) >= 11 is 0. The quantitative estimate of drug-likeness (QED) is 0.717. The second-order valence-electron chi connectivity index (χ2n) is 6.79. The van der Waals surface area contributed by atoms with Gasteiger partial charge in [-0.2, -0.15) is 17.0 Å². The molecule has 140 valence electrons. The zero-order valence-corrected chi connectivity index (χ0v) is 15.5. The van der Waals surface area contributed by atoms with Crippen molar-refractivity contribution in [2.24, 2.45) is 0 Å². The minimum Gasteiger partial charge on any atom is -0.379 e. The molecule has 10 heteroatoms. The van der Waals surface area contributed by atoms with E-state index >= 15 is 0 Å². The first-order valence-electron chi connectivity index (χ1n) is 8.74. The van der Waals surface area contributed by atoms with Crippen LogP contribution in [0.1, 0.15) is 38.5 Å². The molecule has 0 spiro atoms. The summed E-state index contributed by atoms with van der Waals surface area (Å²) in [7, 11) is -7.10. The Balaban J connectivity index is 1.66. The van der Waals surface area contributed by atoms with E-state index in [9.17, 15) is 16.8 Å². The minimum atomic E-state index is -3.61. The van der Waals surface area contributed by atoms with Crippen molar-refractivity contribution < 1.29 is 21.6 Å². The molecule has 24 heavy (non-hydrogen) atoms. The third-order valence-corrected chi connectivity index (χ3v) is 9.01. The van der Waals surface area contributed by atoms with E-state index in [1.165, 1.54) is 8.61 Å². The molecule has 8 nitrogen and oxygen atoms in total. The predicted molar refractivity (Wildman–Crippen MR) is 90.2 cm³/mol. The molecule has 2 heterocycles. The van der Waals surface area contributed by atoms with Crippen molar-refractivity contribution in [1.82, 2.24) is 13.3 Å². The maximum Gasteiger partial charge on any atom is 0.282 e. The van der Waals surface area contributed by atoms with Gasteiger partial charge in [0.2, 0.25) is 10.0 Å². The van der Waals surface area contributed by atoms with Crippen LogP contribution >= 0.6 is 0 Å². The summed E-state index contributed by atoms with van der Waals surface area (Å²) < 4.78 is 61.5. The number of piperidine rings is 1. The largest absolute Gasteiger partial charge is 0.379 e. The highest BCUT2D eigenvalue weighted by Gasteiger charge is 2.39. The van der Waals surface area contributed by atoms with Gasteiger partial charge in [0.05, 0.1) is 18.5 Å². The van der Waals surface area contributed by atoms with E-state index in [-0.39, 0.29) is 12.6 Å². The van der Waals surface area contributed by atoms with E-state index in [1.54, 1.807) is 0 Å². The maximum absolute atomic E-state index is 12.7. The van der Waals surface area contributed by atoms with Crippen LogP contribution in [0.2, 0.25) is 0 Å². The first kappa shape index (κ1) is 18.5. The summed E-state index contributed by atoms with van der Waals surface area (Å²) in [6.45, 7) is 1.86. The van der Waals surface area contributed by atoms with E-state index in [0.717, 1.165) is 25.7 Å². The molecule has 2 aliphatic heterocycles. The molecular weight excluding hydrogens is 354 g/mol. The predicted octanol–water partition coefficient (Wildman–Crippen LogP) is -0.110. The number of rotatable bonds is 5. The molecule has 0 aromatic carbocycles. The van der Waals surface area contributed by atoms with Crippen LogP contribution in [0.15, 0.2) is 0 Å². The standard InChI is InChI=1S/C14H27N3O5S2/c18-23(19,15-13-4-1-2-5-13)14-6-3-7-17(12-14)24(20,21)16-8-10-22-11-9-16/h13-15H,1-12H2/t14-/m1/s1. The van der Waals surface area contributed by atoms with Gasteiger partial charge in [-0.1, -0.05) is 12.8 Å². The van der Waals surface area contributed by atoms with Crippen LogP contribution in [0.3, 0.4) is 0 Å². The number of nitrogens with zero attached hydrogens (tertiary/aromatic N) is 2. The first-order valence-corrected chi connectivity index (χ1v) is 11.7. The summed E-state index contributed by atoms with van der Waals surface area (Å²) in [6.07, 6.45) is 4.94. The average Bonchev–Trinajstić information content (AvgIpc) is 3.08. The van der Waals surface area contributed by atoms with Gasteiger partial charge in [0.25, 0.3) is 10.2 Å². The molecule has 0 amide bonds. The zero-order valence-electron chi connectivity index (χ0n) is 13.9. The summed E-state index contributed by atoms with van der Waals surface area (Å²) in [5.41, 5.74) is 0. The minimum absolute atomic E-state index is 0.0150. The number of ether oxygens (including phenoxy) is 1. The first-order chi connectivity index (χ1) is 11.4. The molecule has 0 bridgehead atoms. The van der Waals surface area contributed by atoms with Crippen molar-refractivity contribution in [3.05, 3.63) is 0 Å². The molecule has 0 radical (unpaired) electrons. The second-order valence-corrected chi connectivity index (χ2v) is 10.7. The Kier molecular flexibility index (Phi) is 5.83. The number of hydrogen-bond acceptors (Lipinski definition) is 5. The van der Waals surface area contributed by atoms with Crippen molar-refractivity contribution in [1.29, 1.82) is 0 Å². The lowest BCUT2D eigenvalue weighted by Gasteiger charge is -2.36. The molecule has 0 aromatic rings. The molecule has 3 rings (SSSR count). The lowest BCUT2D eigenvalue weighted by atomic mass is 10.2. The van der Waals surface area contributed by atoms with E-state index in [4.69, 9.17) is 4.74 Å². The van der Waals surface area contributed by atoms with Gasteiger partial charge >= 0.3 is 0 Å². The van der Waals surface area contributed by atoms with Crippen LogP contribution in [0, 0.1) is 0 Å². The molecule has 1 saturated carbocycles. The second kappa shape index (κ2) is 7.55. The lowest BCUT2D eigenvalue weighted by molar-refractivity contribution is 0.0698. The fraction of sp³-hybridized carbons (Fsp3) is 1.00. The molecule has 0 aromatic heterocycles. The smallest absolute Gasteiger partial charge is 0.282 e. The molecule has 0 unspecified atom stereocenters. The van der Waals surface area contributed by atoms with Crippen molar-refractivity contribution in [2.45, 2.75) is 49.8 Å². The zero-order chi connectivity index (χ0) is 17.2. The summed E-state index contributed by atoms with van der Waals surface area (Å²) in [4.78, 5) is 0. The number of morpholine rings is 1. The van der Waals surface area contributed by atoms with Crippen molar-refractivity contribution in [3.63, 3.8) is 0 Å². The SMILES string of the molecule is O=S(=O)(NC1CCCC1)[C@@H]1CCCN(S(=O)(=O)N2CCOCC2)C1. The summed E-state index contributed by atoms with van der Waals surface area (Å²) in [6, 6.07) is 0.0150. The highest BCUT2D eigenvalue weighted by atomic mass is 32.2. The van der Waals surface area contributed by atoms with Gasteiger partial charge in [0.15, 0.2) is 0 Å². The van der Waals surface area contributed by atoms with Gasteiger partial charge in [0, 0.05) is 32.2 Å². The van der Waals surface area contributed by atoms with Crippen molar-refractivity contribution in [3.8, 4) is 0 Å². The van der Waals surface area contributed by atoms with Gasteiger partial charge in [0.1, 0.15) is 0 Å². The summed E-state index contributed by atoms with van der Waals surface area (Å²) in [5, 5.41) is -0.664. The van der Waals surface area contributed by atoms with Gasteiger partial charge in [-0.25, -0.2) is 13.1 Å². The van der Waals surface area contributed by atoms with Crippen LogP contribution in [0.5, 0.6) is 0 Å². The number of sulfonamides is 1. The highest BCUT2D eigenvalue weighted by Crippen LogP contribution is 2.24.